The Labute approximate surface area is 317 Å². The fourth-order valence-electron chi connectivity index (χ4n) is 6.12. The van der Waals surface area contributed by atoms with Crippen molar-refractivity contribution in [1.29, 1.82) is 0 Å². The standard InChI is InChI=1S/C33H52FN13O8/c1-42-22-38-29-31(40-33(41-32(29)42)47-7-4-23(34)17-47)39-24(30(35)55-2)16-36-5-3-6-37-25(48)18-43-8-10-44(19-26(49)50)12-14-46(21-28(53)54)15-13-45(11-9-43)20-27(51)52/h16,22-23H,3-15,17-21,35H2,1-2H3,(H,37,48)(H,49,50)(H,51,52)(H,53,54)(H,39,40,41)/b30-24-,36-16?. The molecule has 2 aromatic rings. The molecule has 1 amide bonds. The minimum Gasteiger partial charge on any atom is -0.481 e. The van der Waals surface area contributed by atoms with Gasteiger partial charge in [-0.25, -0.2) is 9.37 Å². The molecule has 0 bridgehead atoms. The van der Waals surface area contributed by atoms with E-state index in [4.69, 9.17) is 10.5 Å². The van der Waals surface area contributed by atoms with Crippen molar-refractivity contribution < 1.29 is 43.6 Å². The minimum atomic E-state index is -1.03. The fourth-order valence-corrected chi connectivity index (χ4v) is 6.12. The first-order valence-electron chi connectivity index (χ1n) is 18.0. The van der Waals surface area contributed by atoms with Gasteiger partial charge < -0.3 is 45.9 Å². The largest absolute Gasteiger partial charge is 0.481 e. The van der Waals surface area contributed by atoms with Crippen LogP contribution in [0.15, 0.2) is 22.9 Å². The number of carboxylic acid groups (broad SMARTS) is 3. The number of hydrogen-bond acceptors (Lipinski definition) is 16. The van der Waals surface area contributed by atoms with Crippen LogP contribution in [0.5, 0.6) is 0 Å². The molecular formula is C33H52FN13O8. The number of aromatic nitrogens is 4. The molecule has 0 aromatic carbocycles. The number of ether oxygens (including phenoxy) is 1. The van der Waals surface area contributed by atoms with Crippen LogP contribution in [0.25, 0.3) is 11.2 Å². The number of hydrogen-bond donors (Lipinski definition) is 6. The van der Waals surface area contributed by atoms with Crippen LogP contribution in [0.2, 0.25) is 0 Å². The van der Waals surface area contributed by atoms with E-state index in [1.54, 1.807) is 37.5 Å². The number of aryl methyl sites for hydroxylation is 1. The van der Waals surface area contributed by atoms with Crippen LogP contribution in [0.1, 0.15) is 12.8 Å². The average molecular weight is 778 g/mol. The highest BCUT2D eigenvalue weighted by atomic mass is 19.1. The first kappa shape index (κ1) is 42.6. The summed E-state index contributed by atoms with van der Waals surface area (Å²) in [6.07, 6.45) is 3.00. The van der Waals surface area contributed by atoms with Crippen molar-refractivity contribution >= 4 is 53.0 Å². The Morgan fingerprint density at radius 3 is 1.95 bits per heavy atom. The minimum absolute atomic E-state index is 0.00371. The number of nitrogens with two attached hydrogens (primary N) is 1. The molecule has 2 aromatic heterocycles. The van der Waals surface area contributed by atoms with Crippen LogP contribution >= 0.6 is 0 Å². The van der Waals surface area contributed by atoms with Gasteiger partial charge in [0.2, 0.25) is 17.7 Å². The molecule has 21 nitrogen and oxygen atoms in total. The molecule has 2 aliphatic rings. The normalized spacial score (nSPS) is 19.2. The van der Waals surface area contributed by atoms with Crippen molar-refractivity contribution in [2.24, 2.45) is 17.8 Å². The van der Waals surface area contributed by atoms with E-state index in [0.717, 1.165) is 0 Å². The van der Waals surface area contributed by atoms with Crippen molar-refractivity contribution in [2.75, 3.05) is 122 Å². The van der Waals surface area contributed by atoms with Crippen molar-refractivity contribution in [2.45, 2.75) is 19.0 Å². The second kappa shape index (κ2) is 21.0. The van der Waals surface area contributed by atoms with E-state index in [2.05, 4.69) is 30.6 Å². The van der Waals surface area contributed by atoms with Gasteiger partial charge >= 0.3 is 17.9 Å². The molecule has 0 radical (unpaired) electrons. The number of aliphatic imine (C=N–C) groups is 1. The zero-order valence-corrected chi connectivity index (χ0v) is 31.3. The van der Waals surface area contributed by atoms with Gasteiger partial charge in [0.15, 0.2) is 17.0 Å². The Kier molecular flexibility index (Phi) is 16.3. The van der Waals surface area contributed by atoms with E-state index < -0.39 is 24.1 Å². The van der Waals surface area contributed by atoms with Crippen LogP contribution in [-0.2, 0) is 31.0 Å². The summed E-state index contributed by atoms with van der Waals surface area (Å²) in [5.74, 6) is -2.60. The number of aliphatic carboxylic acids is 3. The van der Waals surface area contributed by atoms with Gasteiger partial charge in [0.05, 0.1) is 52.4 Å². The Morgan fingerprint density at radius 1 is 0.909 bits per heavy atom. The zero-order valence-electron chi connectivity index (χ0n) is 31.3. The predicted octanol–water partition coefficient (Wildman–Crippen LogP) is -1.85. The molecule has 4 rings (SSSR count). The Hall–Kier alpha value is -5.19. The van der Waals surface area contributed by atoms with Gasteiger partial charge in [0.1, 0.15) is 11.9 Å². The smallest absolute Gasteiger partial charge is 0.317 e. The van der Waals surface area contributed by atoms with Crippen molar-refractivity contribution in [3.8, 4) is 0 Å². The molecule has 22 heteroatoms. The Bertz CT molecular complexity index is 1660. The molecule has 2 aliphatic heterocycles. The Morgan fingerprint density at radius 2 is 1.45 bits per heavy atom. The monoisotopic (exact) mass is 777 g/mol. The lowest BCUT2D eigenvalue weighted by Gasteiger charge is -2.32. The number of rotatable bonds is 17. The van der Waals surface area contributed by atoms with Gasteiger partial charge in [0, 0.05) is 79.0 Å². The molecule has 2 fully saturated rings. The number of imidazole rings is 1. The third-order valence-electron chi connectivity index (χ3n) is 9.08. The van der Waals surface area contributed by atoms with Crippen LogP contribution in [0, 0.1) is 0 Å². The predicted molar refractivity (Wildman–Crippen MR) is 200 cm³/mol. The van der Waals surface area contributed by atoms with Crippen molar-refractivity contribution in [1.82, 2.24) is 44.4 Å². The van der Waals surface area contributed by atoms with E-state index in [-0.39, 0.29) is 70.7 Å². The number of fused-ring (bicyclic) bond motifs is 1. The molecule has 0 saturated carbocycles. The molecule has 4 heterocycles. The van der Waals surface area contributed by atoms with E-state index in [0.29, 0.717) is 87.3 Å². The summed E-state index contributed by atoms with van der Waals surface area (Å²) in [7, 11) is 3.21. The van der Waals surface area contributed by atoms with Crippen molar-refractivity contribution in [3.05, 3.63) is 17.9 Å². The molecule has 55 heavy (non-hydrogen) atoms. The third-order valence-corrected chi connectivity index (χ3v) is 9.08. The maximum Gasteiger partial charge on any atom is 0.317 e. The van der Waals surface area contributed by atoms with Crippen LogP contribution in [-0.4, -0.2) is 202 Å². The maximum absolute atomic E-state index is 14.0. The van der Waals surface area contributed by atoms with Crippen LogP contribution in [0.4, 0.5) is 16.2 Å². The topological polar surface area (TPSA) is 260 Å². The van der Waals surface area contributed by atoms with Gasteiger partial charge in [-0.2, -0.15) is 9.97 Å². The van der Waals surface area contributed by atoms with Gasteiger partial charge in [-0.15, -0.1) is 0 Å². The number of carboxylic acids is 3. The number of anilines is 2. The summed E-state index contributed by atoms with van der Waals surface area (Å²) in [6, 6.07) is 0. The number of nitrogens with one attached hydrogen (secondary N) is 2. The number of methoxy groups -OCH3 is 1. The molecule has 7 N–H and O–H groups in total. The number of halogens is 1. The number of amides is 1. The lowest BCUT2D eigenvalue weighted by Crippen LogP contribution is -2.49. The number of allylic oxidation sites excluding steroid dienone is 1. The molecular weight excluding hydrogens is 725 g/mol. The van der Waals surface area contributed by atoms with E-state index in [9.17, 15) is 38.9 Å². The quantitative estimate of drug-likeness (QED) is 0.0585. The highest BCUT2D eigenvalue weighted by Crippen LogP contribution is 2.26. The SMILES string of the molecule is CO/C(N)=C(/C=NCCCNC(=O)CN1CCN(CC(=O)O)CCN(CC(=O)O)CCN(CC(=O)O)CC1)Nc1nc(N2CCC(F)C2)nc2c1ncn2C. The fraction of sp³-hybridized carbons (Fsp3) is 0.636. The first-order valence-corrected chi connectivity index (χ1v) is 18.0. The second-order valence-corrected chi connectivity index (χ2v) is 13.4. The van der Waals surface area contributed by atoms with E-state index >= 15 is 0 Å². The summed E-state index contributed by atoms with van der Waals surface area (Å²) < 4.78 is 21.0. The molecule has 0 aliphatic carbocycles. The van der Waals surface area contributed by atoms with E-state index in [1.165, 1.54) is 13.3 Å². The van der Waals surface area contributed by atoms with Gasteiger partial charge in [-0.05, 0) is 12.8 Å². The lowest BCUT2D eigenvalue weighted by atomic mass is 10.3. The van der Waals surface area contributed by atoms with Gasteiger partial charge in [-0.1, -0.05) is 0 Å². The molecule has 1 atom stereocenters. The third kappa shape index (κ3) is 13.9. The van der Waals surface area contributed by atoms with Crippen LogP contribution in [0.3, 0.4) is 0 Å². The van der Waals surface area contributed by atoms with Gasteiger partial charge in [-0.3, -0.25) is 43.8 Å². The summed E-state index contributed by atoms with van der Waals surface area (Å²) in [5.41, 5.74) is 7.46. The maximum atomic E-state index is 14.0. The number of nitrogens with zero attached hydrogens (tertiary/aromatic N) is 10. The molecule has 304 valence electrons. The number of carbonyl (C=O) groups is 4. The zero-order chi connectivity index (χ0) is 39.9. The summed E-state index contributed by atoms with van der Waals surface area (Å²) in [5, 5.41) is 34.2. The second-order valence-electron chi connectivity index (χ2n) is 13.4. The average Bonchev–Trinajstić information content (AvgIpc) is 3.74. The van der Waals surface area contributed by atoms with Crippen LogP contribution < -0.4 is 21.3 Å². The summed E-state index contributed by atoms with van der Waals surface area (Å²) in [6.45, 7) is 2.97. The molecule has 0 spiro atoms. The summed E-state index contributed by atoms with van der Waals surface area (Å²) in [4.78, 5) is 74.2. The highest BCUT2D eigenvalue weighted by Gasteiger charge is 2.26. The molecule has 2 saturated heterocycles. The highest BCUT2D eigenvalue weighted by molar-refractivity contribution is 5.90. The molecule has 1 unspecified atom stereocenters. The summed E-state index contributed by atoms with van der Waals surface area (Å²) >= 11 is 0. The Balaban J connectivity index is 1.33. The number of alkyl halides is 1. The number of carbonyl (C=O) groups excluding carboxylic acids is 1. The first-order chi connectivity index (χ1) is 26.3. The van der Waals surface area contributed by atoms with E-state index in [1.807, 2.05) is 4.90 Å². The van der Waals surface area contributed by atoms with Gasteiger partial charge in [0.25, 0.3) is 0 Å². The van der Waals surface area contributed by atoms with Crippen molar-refractivity contribution in [3.63, 3.8) is 0 Å². The lowest BCUT2D eigenvalue weighted by molar-refractivity contribution is -0.140.